The fourth-order valence-corrected chi connectivity index (χ4v) is 9.43. The Morgan fingerprint density at radius 1 is 0.344 bits per heavy atom. The number of furan rings is 1. The van der Waals surface area contributed by atoms with E-state index in [4.69, 9.17) is 4.42 Å². The third kappa shape index (κ3) is 5.82. The number of hydrogen-bond donors (Lipinski definition) is 0. The predicted molar refractivity (Wildman–Crippen MR) is 257 cm³/mol. The molecule has 0 aliphatic carbocycles. The van der Waals surface area contributed by atoms with E-state index >= 15 is 0 Å². The smallest absolute Gasteiger partial charge is 0.138 e. The maximum absolute atomic E-state index is 6.69. The van der Waals surface area contributed by atoms with Crippen LogP contribution in [0, 0.1) is 0 Å². The number of anilines is 3. The van der Waals surface area contributed by atoms with Crippen molar-refractivity contribution >= 4 is 71.6 Å². The zero-order valence-corrected chi connectivity index (χ0v) is 33.2. The molecule has 10 aromatic carbocycles. The Morgan fingerprint density at radius 3 is 1.75 bits per heavy atom. The third-order valence-electron chi connectivity index (χ3n) is 12.2. The minimum absolute atomic E-state index is 0.851. The molecule has 0 atom stereocenters. The van der Waals surface area contributed by atoms with E-state index in [0.29, 0.717) is 0 Å². The number of benzene rings is 10. The van der Waals surface area contributed by atoms with Gasteiger partial charge in [0, 0.05) is 44.5 Å². The van der Waals surface area contributed by atoms with Crippen molar-refractivity contribution in [3.8, 4) is 39.1 Å². The van der Waals surface area contributed by atoms with Crippen molar-refractivity contribution in [3.05, 3.63) is 231 Å². The lowest BCUT2D eigenvalue weighted by Crippen LogP contribution is -2.11. The van der Waals surface area contributed by atoms with Crippen molar-refractivity contribution in [2.24, 2.45) is 0 Å². The molecule has 286 valence electrons. The first kappa shape index (κ1) is 34.9. The van der Waals surface area contributed by atoms with Gasteiger partial charge < -0.3 is 13.9 Å². The summed E-state index contributed by atoms with van der Waals surface area (Å²) in [6.45, 7) is 0. The van der Waals surface area contributed by atoms with E-state index in [9.17, 15) is 0 Å². The Hall–Kier alpha value is -8.14. The molecule has 0 aliphatic rings. The highest BCUT2D eigenvalue weighted by molar-refractivity contribution is 6.14. The van der Waals surface area contributed by atoms with Crippen molar-refractivity contribution in [1.82, 2.24) is 4.57 Å². The second kappa shape index (κ2) is 14.3. The summed E-state index contributed by atoms with van der Waals surface area (Å²) in [7, 11) is 0. The molecule has 12 rings (SSSR count). The average Bonchev–Trinajstić information content (AvgIpc) is 3.88. The minimum atomic E-state index is 0.851. The normalized spacial score (nSPS) is 11.6. The Morgan fingerprint density at radius 2 is 0.951 bits per heavy atom. The van der Waals surface area contributed by atoms with Crippen LogP contribution < -0.4 is 4.90 Å². The summed E-state index contributed by atoms with van der Waals surface area (Å²) in [5.41, 5.74) is 15.3. The quantitative estimate of drug-likeness (QED) is 0.161. The molecule has 0 aliphatic heterocycles. The summed E-state index contributed by atoms with van der Waals surface area (Å²) in [5, 5.41) is 7.17. The van der Waals surface area contributed by atoms with Crippen LogP contribution in [-0.2, 0) is 0 Å². The molecule has 0 radical (unpaired) electrons. The van der Waals surface area contributed by atoms with Crippen LogP contribution in [0.5, 0.6) is 0 Å². The highest BCUT2D eigenvalue weighted by atomic mass is 16.3. The molecule has 0 spiro atoms. The second-order valence-corrected chi connectivity index (χ2v) is 15.7. The average molecular weight is 779 g/mol. The molecule has 2 heterocycles. The Balaban J connectivity index is 1.05. The van der Waals surface area contributed by atoms with Gasteiger partial charge in [-0.05, 0) is 93.2 Å². The van der Waals surface area contributed by atoms with Crippen LogP contribution >= 0.6 is 0 Å². The molecule has 0 saturated carbocycles. The number of para-hydroxylation sites is 4. The largest absolute Gasteiger partial charge is 0.456 e. The van der Waals surface area contributed by atoms with Gasteiger partial charge in [-0.15, -0.1) is 0 Å². The first-order valence-corrected chi connectivity index (χ1v) is 20.8. The van der Waals surface area contributed by atoms with Gasteiger partial charge >= 0.3 is 0 Å². The molecule has 0 saturated heterocycles. The topological polar surface area (TPSA) is 21.3 Å². The van der Waals surface area contributed by atoms with Gasteiger partial charge in [-0.25, -0.2) is 0 Å². The number of aromatic nitrogens is 1. The summed E-state index contributed by atoms with van der Waals surface area (Å²) in [5.74, 6) is 0. The second-order valence-electron chi connectivity index (χ2n) is 15.7. The lowest BCUT2D eigenvalue weighted by Gasteiger charge is -2.29. The van der Waals surface area contributed by atoms with Gasteiger partial charge in [0.25, 0.3) is 0 Å². The Kier molecular flexibility index (Phi) is 8.17. The van der Waals surface area contributed by atoms with Gasteiger partial charge in [0.15, 0.2) is 0 Å². The molecule has 0 amide bonds. The number of hydrogen-bond acceptors (Lipinski definition) is 2. The molecule has 0 unspecified atom stereocenters. The molecule has 0 bridgehead atoms. The lowest BCUT2D eigenvalue weighted by atomic mass is 9.95. The van der Waals surface area contributed by atoms with Gasteiger partial charge in [-0.3, -0.25) is 0 Å². The highest BCUT2D eigenvalue weighted by Crippen LogP contribution is 2.47. The van der Waals surface area contributed by atoms with Crippen molar-refractivity contribution in [1.29, 1.82) is 0 Å². The maximum atomic E-state index is 6.69. The van der Waals surface area contributed by atoms with Crippen LogP contribution in [0.1, 0.15) is 0 Å². The van der Waals surface area contributed by atoms with Crippen LogP contribution in [0.15, 0.2) is 235 Å². The summed E-state index contributed by atoms with van der Waals surface area (Å²) >= 11 is 0. The monoisotopic (exact) mass is 778 g/mol. The lowest BCUT2D eigenvalue weighted by molar-refractivity contribution is 0.669. The molecule has 0 N–H and O–H groups in total. The maximum Gasteiger partial charge on any atom is 0.138 e. The van der Waals surface area contributed by atoms with Crippen LogP contribution in [0.3, 0.4) is 0 Å². The van der Waals surface area contributed by atoms with Gasteiger partial charge in [0.1, 0.15) is 11.2 Å². The molecule has 2 aromatic heterocycles. The highest BCUT2D eigenvalue weighted by Gasteiger charge is 2.22. The van der Waals surface area contributed by atoms with Crippen molar-refractivity contribution < 1.29 is 4.42 Å². The van der Waals surface area contributed by atoms with Gasteiger partial charge in [0.05, 0.1) is 22.4 Å². The molecule has 12 aromatic rings. The molecule has 61 heavy (non-hydrogen) atoms. The van der Waals surface area contributed by atoms with Crippen molar-refractivity contribution in [3.63, 3.8) is 0 Å². The van der Waals surface area contributed by atoms with Crippen LogP contribution in [-0.4, -0.2) is 4.57 Å². The van der Waals surface area contributed by atoms with Gasteiger partial charge in [-0.1, -0.05) is 170 Å². The van der Waals surface area contributed by atoms with E-state index in [1.807, 2.05) is 6.07 Å². The summed E-state index contributed by atoms with van der Waals surface area (Å²) in [6, 6.07) is 82.9. The first-order valence-electron chi connectivity index (χ1n) is 20.8. The zero-order chi connectivity index (χ0) is 40.3. The van der Waals surface area contributed by atoms with E-state index in [1.165, 1.54) is 38.1 Å². The van der Waals surface area contributed by atoms with Crippen LogP contribution in [0.25, 0.3) is 93.6 Å². The predicted octanol–water partition coefficient (Wildman–Crippen LogP) is 16.3. The van der Waals surface area contributed by atoms with E-state index in [0.717, 1.165) is 72.5 Å². The van der Waals surface area contributed by atoms with Crippen molar-refractivity contribution in [2.45, 2.75) is 0 Å². The minimum Gasteiger partial charge on any atom is -0.456 e. The zero-order valence-electron chi connectivity index (χ0n) is 33.2. The van der Waals surface area contributed by atoms with E-state index in [2.05, 4.69) is 234 Å². The SMILES string of the molecule is c1ccc(-c2cc(N(c3ccc(-c4cccc(-n5c6ccccc6c6ccccc65)c4)cc3)c3ccccc3-c3cccc4ccccc34)cc3oc4ccccc4c23)cc1. The molecule has 3 heteroatoms. The standard InChI is InChI=1S/C58H38N2O/c1-2-16-41(17-3-1)52-37-45(38-57-58(52)51-26-9-13-31-56(51)61-57)59(53-28-10-6-23-48(53)47-27-15-19-40-18-4-5-22-46(40)47)43-34-32-39(33-35-43)42-20-14-21-44(36-42)60-54-29-11-7-24-49(54)50-25-8-12-30-55(50)60/h1-38H. The Bertz CT molecular complexity index is 3540. The van der Waals surface area contributed by atoms with E-state index in [1.54, 1.807) is 0 Å². The summed E-state index contributed by atoms with van der Waals surface area (Å²) in [6.07, 6.45) is 0. The van der Waals surface area contributed by atoms with Crippen LogP contribution in [0.2, 0.25) is 0 Å². The van der Waals surface area contributed by atoms with E-state index < -0.39 is 0 Å². The van der Waals surface area contributed by atoms with Crippen LogP contribution in [0.4, 0.5) is 17.1 Å². The summed E-state index contributed by atoms with van der Waals surface area (Å²) in [4.78, 5) is 2.40. The third-order valence-corrected chi connectivity index (χ3v) is 12.2. The molecular weight excluding hydrogens is 741 g/mol. The summed E-state index contributed by atoms with van der Waals surface area (Å²) < 4.78 is 9.08. The molecular formula is C58H38N2O. The van der Waals surface area contributed by atoms with Crippen molar-refractivity contribution in [2.75, 3.05) is 4.90 Å². The Labute approximate surface area is 353 Å². The number of rotatable bonds is 7. The number of fused-ring (bicyclic) bond motifs is 7. The van der Waals surface area contributed by atoms with Gasteiger partial charge in [0.2, 0.25) is 0 Å². The number of nitrogens with zero attached hydrogens (tertiary/aromatic N) is 2. The first-order chi connectivity index (χ1) is 30.3. The van der Waals surface area contributed by atoms with E-state index in [-0.39, 0.29) is 0 Å². The van der Waals surface area contributed by atoms with Gasteiger partial charge in [-0.2, -0.15) is 0 Å². The molecule has 0 fully saturated rings. The fraction of sp³-hybridized carbons (Fsp3) is 0. The fourth-order valence-electron chi connectivity index (χ4n) is 9.43. The molecule has 3 nitrogen and oxygen atoms in total.